The fourth-order valence-electron chi connectivity index (χ4n) is 5.73. The molecule has 0 radical (unpaired) electrons. The van der Waals surface area contributed by atoms with Crippen molar-refractivity contribution < 1.29 is 5.11 Å². The van der Waals surface area contributed by atoms with Gasteiger partial charge in [0.2, 0.25) is 0 Å². The Morgan fingerprint density at radius 2 is 2.03 bits per heavy atom. The second kappa shape index (κ2) is 7.71. The number of hydrogen-bond acceptors (Lipinski definition) is 5. The molecule has 0 bridgehead atoms. The maximum absolute atomic E-state index is 10.7. The monoisotopic (exact) mass is 412 g/mol. The van der Waals surface area contributed by atoms with Gasteiger partial charge in [-0.3, -0.25) is 0 Å². The fraction of sp³-hybridized carbons (Fsp3) is 0.423. The van der Waals surface area contributed by atoms with Gasteiger partial charge in [0.05, 0.1) is 29.1 Å². The summed E-state index contributed by atoms with van der Waals surface area (Å²) in [5.74, 6) is 1.02. The van der Waals surface area contributed by atoms with Gasteiger partial charge < -0.3 is 10.4 Å². The number of hydrogen-bond donors (Lipinski definition) is 2. The van der Waals surface area contributed by atoms with Crippen LogP contribution in [0.15, 0.2) is 48.1 Å². The Morgan fingerprint density at radius 3 is 2.74 bits per heavy atom. The third-order valence-corrected chi connectivity index (χ3v) is 7.39. The lowest BCUT2D eigenvalue weighted by molar-refractivity contribution is 0.0668. The minimum Gasteiger partial charge on any atom is -0.387 e. The van der Waals surface area contributed by atoms with E-state index in [1.165, 1.54) is 5.56 Å². The Bertz CT molecular complexity index is 1110. The van der Waals surface area contributed by atoms with Gasteiger partial charge in [-0.05, 0) is 37.6 Å². The highest BCUT2D eigenvalue weighted by molar-refractivity contribution is 5.70. The molecule has 0 saturated heterocycles. The van der Waals surface area contributed by atoms with Crippen LogP contribution < -0.4 is 5.32 Å². The predicted molar refractivity (Wildman–Crippen MR) is 121 cm³/mol. The van der Waals surface area contributed by atoms with Crippen LogP contribution >= 0.6 is 0 Å². The van der Waals surface area contributed by atoms with Crippen LogP contribution in [0.3, 0.4) is 0 Å². The lowest BCUT2D eigenvalue weighted by Crippen LogP contribution is -2.47. The number of aliphatic hydroxyl groups excluding tert-OH is 1. The maximum atomic E-state index is 10.7. The standard InChI is InChI=1S/C26H28N4O/c1-16-21-11-10-20-22(17-7-4-3-5-8-17)29-25(18-9-6-12-28-15-18)30-24(20)26(21,2)13-19(14-27)23(16)31/h3-5,7-9,13,16,21,23,28,31H,6,10-12,15H2,1-2H3/t16-,21-,23?,26-/m1/s1. The van der Waals surface area contributed by atoms with Gasteiger partial charge >= 0.3 is 0 Å². The summed E-state index contributed by atoms with van der Waals surface area (Å²) in [6, 6.07) is 12.6. The van der Waals surface area contributed by atoms with Crippen molar-refractivity contribution >= 4 is 5.57 Å². The summed E-state index contributed by atoms with van der Waals surface area (Å²) in [6.45, 7) is 6.00. The van der Waals surface area contributed by atoms with Crippen LogP contribution in [-0.4, -0.2) is 34.3 Å². The number of nitriles is 1. The first kappa shape index (κ1) is 20.1. The number of aliphatic hydroxyl groups is 1. The molecule has 0 saturated carbocycles. The van der Waals surface area contributed by atoms with Crippen LogP contribution in [0.2, 0.25) is 0 Å². The molecule has 0 amide bonds. The Balaban J connectivity index is 1.77. The molecule has 1 unspecified atom stereocenters. The van der Waals surface area contributed by atoms with Gasteiger partial charge in [-0.15, -0.1) is 0 Å². The normalized spacial score (nSPS) is 29.8. The molecule has 5 nitrogen and oxygen atoms in total. The SMILES string of the molecule is C[C@H]1C(O)C(C#N)=C[C@@]2(C)c3nc(C4=CCCNC4)nc(-c4ccccc4)c3CC[C@H]12. The minimum absolute atomic E-state index is 0.00644. The summed E-state index contributed by atoms with van der Waals surface area (Å²) in [6.07, 6.45) is 6.31. The van der Waals surface area contributed by atoms with Crippen molar-refractivity contribution in [1.29, 1.82) is 5.26 Å². The Labute approximate surface area is 183 Å². The molecular formula is C26H28N4O. The van der Waals surface area contributed by atoms with Gasteiger partial charge in [0.25, 0.3) is 0 Å². The highest BCUT2D eigenvalue weighted by Gasteiger charge is 2.49. The summed E-state index contributed by atoms with van der Waals surface area (Å²) < 4.78 is 0. The summed E-state index contributed by atoms with van der Waals surface area (Å²) in [5.41, 5.74) is 5.48. The van der Waals surface area contributed by atoms with E-state index >= 15 is 0 Å². The van der Waals surface area contributed by atoms with E-state index in [1.54, 1.807) is 0 Å². The molecule has 1 aliphatic heterocycles. The zero-order valence-corrected chi connectivity index (χ0v) is 18.1. The van der Waals surface area contributed by atoms with E-state index in [0.717, 1.165) is 60.7 Å². The average molecular weight is 413 g/mol. The summed E-state index contributed by atoms with van der Waals surface area (Å²) >= 11 is 0. The molecule has 0 spiro atoms. The molecule has 1 aromatic heterocycles. The van der Waals surface area contributed by atoms with Gasteiger partial charge in [0.15, 0.2) is 5.82 Å². The Hall–Kier alpha value is -2.81. The lowest BCUT2D eigenvalue weighted by Gasteiger charge is -2.48. The van der Waals surface area contributed by atoms with Crippen LogP contribution in [0.1, 0.15) is 43.8 Å². The van der Waals surface area contributed by atoms with Crippen molar-refractivity contribution in [1.82, 2.24) is 15.3 Å². The van der Waals surface area contributed by atoms with Gasteiger partial charge in [-0.1, -0.05) is 56.3 Å². The largest absolute Gasteiger partial charge is 0.387 e. The molecule has 0 fully saturated rings. The molecule has 2 aliphatic carbocycles. The molecule has 1 aromatic carbocycles. The van der Waals surface area contributed by atoms with Crippen molar-refractivity contribution in [2.75, 3.05) is 13.1 Å². The average Bonchev–Trinajstić information content (AvgIpc) is 2.82. The van der Waals surface area contributed by atoms with E-state index in [9.17, 15) is 10.4 Å². The molecule has 2 N–H and O–H groups in total. The Morgan fingerprint density at radius 1 is 1.23 bits per heavy atom. The van der Waals surface area contributed by atoms with E-state index in [0.29, 0.717) is 5.57 Å². The van der Waals surface area contributed by atoms with Gasteiger partial charge in [0, 0.05) is 28.7 Å². The van der Waals surface area contributed by atoms with Gasteiger partial charge in [-0.2, -0.15) is 5.26 Å². The van der Waals surface area contributed by atoms with Crippen LogP contribution in [-0.2, 0) is 11.8 Å². The number of allylic oxidation sites excluding steroid dienone is 1. The summed E-state index contributed by atoms with van der Waals surface area (Å²) in [7, 11) is 0. The van der Waals surface area contributed by atoms with Gasteiger partial charge in [-0.25, -0.2) is 9.97 Å². The zero-order valence-electron chi connectivity index (χ0n) is 18.1. The molecular weight excluding hydrogens is 384 g/mol. The van der Waals surface area contributed by atoms with E-state index < -0.39 is 11.5 Å². The maximum Gasteiger partial charge on any atom is 0.157 e. The lowest BCUT2D eigenvalue weighted by atomic mass is 9.57. The van der Waals surface area contributed by atoms with Crippen LogP contribution in [0.4, 0.5) is 0 Å². The predicted octanol–water partition coefficient (Wildman–Crippen LogP) is 3.80. The number of rotatable bonds is 2. The molecule has 2 aromatic rings. The van der Waals surface area contributed by atoms with Crippen molar-refractivity contribution in [2.45, 2.75) is 44.6 Å². The van der Waals surface area contributed by atoms with Crippen LogP contribution in [0.25, 0.3) is 16.8 Å². The number of benzene rings is 1. The van der Waals surface area contributed by atoms with Crippen LogP contribution in [0, 0.1) is 23.2 Å². The molecule has 5 heteroatoms. The molecule has 31 heavy (non-hydrogen) atoms. The third-order valence-electron chi connectivity index (χ3n) is 7.39. The highest BCUT2D eigenvalue weighted by Crippen LogP contribution is 2.51. The second-order valence-corrected chi connectivity index (χ2v) is 9.23. The smallest absolute Gasteiger partial charge is 0.157 e. The van der Waals surface area contributed by atoms with E-state index in [2.05, 4.69) is 43.4 Å². The van der Waals surface area contributed by atoms with Gasteiger partial charge in [0.1, 0.15) is 0 Å². The van der Waals surface area contributed by atoms with Crippen molar-refractivity contribution in [3.63, 3.8) is 0 Å². The first-order chi connectivity index (χ1) is 15.0. The van der Waals surface area contributed by atoms with Crippen LogP contribution in [0.5, 0.6) is 0 Å². The Kier molecular flexibility index (Phi) is 5.00. The molecule has 158 valence electrons. The number of nitrogens with zero attached hydrogens (tertiary/aromatic N) is 3. The van der Waals surface area contributed by atoms with Crippen molar-refractivity contribution in [3.8, 4) is 17.3 Å². The molecule has 2 heterocycles. The second-order valence-electron chi connectivity index (χ2n) is 9.23. The fourth-order valence-corrected chi connectivity index (χ4v) is 5.73. The molecule has 3 aliphatic rings. The zero-order chi connectivity index (χ0) is 21.6. The quantitative estimate of drug-likeness (QED) is 0.784. The highest BCUT2D eigenvalue weighted by atomic mass is 16.3. The van der Waals surface area contributed by atoms with Crippen molar-refractivity contribution in [2.24, 2.45) is 11.8 Å². The molecule has 5 rings (SSSR count). The first-order valence-corrected chi connectivity index (χ1v) is 11.2. The van der Waals surface area contributed by atoms with Crippen molar-refractivity contribution in [3.05, 3.63) is 65.1 Å². The number of nitrogens with one attached hydrogen (secondary N) is 1. The molecule has 4 atom stereocenters. The topological polar surface area (TPSA) is 81.8 Å². The summed E-state index contributed by atoms with van der Waals surface area (Å²) in [5, 5.41) is 23.8. The third kappa shape index (κ3) is 3.22. The number of aromatic nitrogens is 2. The van der Waals surface area contributed by atoms with E-state index in [1.807, 2.05) is 24.3 Å². The minimum atomic E-state index is -0.704. The number of fused-ring (bicyclic) bond motifs is 3. The first-order valence-electron chi connectivity index (χ1n) is 11.2. The summed E-state index contributed by atoms with van der Waals surface area (Å²) in [4.78, 5) is 10.2. The van der Waals surface area contributed by atoms with E-state index in [4.69, 9.17) is 9.97 Å². The van der Waals surface area contributed by atoms with E-state index in [-0.39, 0.29) is 11.8 Å².